The quantitative estimate of drug-likeness (QED) is 0.182. The van der Waals surface area contributed by atoms with Gasteiger partial charge in [-0.1, -0.05) is 109 Å². The summed E-state index contributed by atoms with van der Waals surface area (Å²) >= 11 is 0. The number of rotatable bonds is 5. The van der Waals surface area contributed by atoms with Crippen LogP contribution >= 0.6 is 0 Å². The van der Waals surface area contributed by atoms with Crippen LogP contribution < -0.4 is 0 Å². The average molecular weight is 679 g/mol. The Bertz CT molecular complexity index is 3020. The van der Waals surface area contributed by atoms with E-state index < -0.39 is 0 Å². The Morgan fingerprint density at radius 1 is 0.377 bits per heavy atom. The van der Waals surface area contributed by atoms with Gasteiger partial charge in [0.25, 0.3) is 0 Å². The molecular formula is C49H34N4. The summed E-state index contributed by atoms with van der Waals surface area (Å²) in [6.45, 7) is 0. The van der Waals surface area contributed by atoms with Gasteiger partial charge in [0, 0.05) is 55.3 Å². The van der Waals surface area contributed by atoms with Gasteiger partial charge in [-0.3, -0.25) is 0 Å². The Kier molecular flexibility index (Phi) is 6.71. The van der Waals surface area contributed by atoms with Crippen LogP contribution in [-0.2, 0) is 12.8 Å². The molecule has 250 valence electrons. The second-order valence-electron chi connectivity index (χ2n) is 14.1. The Labute approximate surface area is 307 Å². The van der Waals surface area contributed by atoms with E-state index in [-0.39, 0.29) is 0 Å². The van der Waals surface area contributed by atoms with E-state index in [2.05, 4.69) is 179 Å². The van der Waals surface area contributed by atoms with Crippen molar-refractivity contribution in [2.24, 2.45) is 0 Å². The van der Waals surface area contributed by atoms with Gasteiger partial charge in [-0.15, -0.1) is 0 Å². The van der Waals surface area contributed by atoms with Crippen molar-refractivity contribution in [2.75, 3.05) is 0 Å². The van der Waals surface area contributed by atoms with E-state index in [1.807, 2.05) is 0 Å². The molecule has 0 fully saturated rings. The number of aryl methyl sites for hydroxylation is 1. The van der Waals surface area contributed by atoms with Crippen LogP contribution in [0, 0.1) is 0 Å². The summed E-state index contributed by atoms with van der Waals surface area (Å²) in [7, 11) is 0. The topological polar surface area (TPSA) is 35.6 Å². The second-order valence-corrected chi connectivity index (χ2v) is 14.1. The minimum atomic E-state index is 0.790. The van der Waals surface area contributed by atoms with E-state index in [1.165, 1.54) is 71.7 Å². The lowest BCUT2D eigenvalue weighted by molar-refractivity contribution is 0.900. The number of hydrogen-bond donors (Lipinski definition) is 0. The molecule has 1 aliphatic rings. The molecule has 0 atom stereocenters. The number of hydrogen-bond acceptors (Lipinski definition) is 2. The van der Waals surface area contributed by atoms with Crippen LogP contribution in [0.25, 0.3) is 88.8 Å². The molecule has 0 saturated heterocycles. The highest BCUT2D eigenvalue weighted by Gasteiger charge is 2.22. The highest BCUT2D eigenvalue weighted by Crippen LogP contribution is 2.39. The zero-order chi connectivity index (χ0) is 34.9. The van der Waals surface area contributed by atoms with E-state index in [0.29, 0.717) is 0 Å². The summed E-state index contributed by atoms with van der Waals surface area (Å²) in [4.78, 5) is 10.4. The van der Waals surface area contributed by atoms with E-state index in [9.17, 15) is 0 Å². The lowest BCUT2D eigenvalue weighted by atomic mass is 10.0. The number of aromatic nitrogens is 4. The smallest absolute Gasteiger partial charge is 0.160 e. The fourth-order valence-electron chi connectivity index (χ4n) is 8.62. The van der Waals surface area contributed by atoms with Gasteiger partial charge in [0.15, 0.2) is 5.82 Å². The molecule has 4 heteroatoms. The van der Waals surface area contributed by atoms with E-state index in [1.54, 1.807) is 0 Å². The lowest BCUT2D eigenvalue weighted by Gasteiger charge is -2.13. The zero-order valence-corrected chi connectivity index (χ0v) is 29.1. The largest absolute Gasteiger partial charge is 0.309 e. The Balaban J connectivity index is 1.05. The first-order valence-corrected chi connectivity index (χ1v) is 18.5. The molecule has 1 aliphatic carbocycles. The molecule has 0 radical (unpaired) electrons. The van der Waals surface area contributed by atoms with Crippen LogP contribution in [0.1, 0.15) is 17.7 Å². The van der Waals surface area contributed by atoms with Gasteiger partial charge in [0.1, 0.15) is 0 Å². The van der Waals surface area contributed by atoms with Crippen LogP contribution in [0.15, 0.2) is 170 Å². The van der Waals surface area contributed by atoms with Crippen molar-refractivity contribution in [1.29, 1.82) is 0 Å². The molecule has 7 aromatic carbocycles. The molecule has 0 spiro atoms. The summed E-state index contributed by atoms with van der Waals surface area (Å²) in [6, 6.07) is 61.3. The summed E-state index contributed by atoms with van der Waals surface area (Å²) in [5, 5.41) is 4.98. The van der Waals surface area contributed by atoms with E-state index in [0.717, 1.165) is 47.6 Å². The van der Waals surface area contributed by atoms with E-state index >= 15 is 0 Å². The second kappa shape index (κ2) is 11.9. The normalized spacial score (nSPS) is 12.7. The minimum absolute atomic E-state index is 0.790. The fourth-order valence-corrected chi connectivity index (χ4v) is 8.62. The number of benzene rings is 7. The molecule has 11 rings (SSSR count). The molecule has 0 saturated carbocycles. The average Bonchev–Trinajstić information content (AvgIpc) is 3.93. The van der Waals surface area contributed by atoms with Crippen LogP contribution in [0.2, 0.25) is 0 Å². The van der Waals surface area contributed by atoms with Gasteiger partial charge in [-0.2, -0.15) is 0 Å². The predicted octanol–water partition coefficient (Wildman–Crippen LogP) is 12.2. The van der Waals surface area contributed by atoms with Crippen molar-refractivity contribution >= 4 is 43.6 Å². The van der Waals surface area contributed by atoms with Crippen molar-refractivity contribution in [1.82, 2.24) is 19.1 Å². The third-order valence-electron chi connectivity index (χ3n) is 11.0. The lowest BCUT2D eigenvalue weighted by Crippen LogP contribution is -2.01. The predicted molar refractivity (Wildman–Crippen MR) is 219 cm³/mol. The maximum atomic E-state index is 5.21. The molecule has 0 bridgehead atoms. The first-order valence-electron chi connectivity index (χ1n) is 18.5. The molecular weight excluding hydrogens is 645 g/mol. The monoisotopic (exact) mass is 678 g/mol. The van der Waals surface area contributed by atoms with Gasteiger partial charge >= 0.3 is 0 Å². The third-order valence-corrected chi connectivity index (χ3v) is 11.0. The Morgan fingerprint density at radius 2 is 0.925 bits per heavy atom. The van der Waals surface area contributed by atoms with Crippen molar-refractivity contribution in [3.8, 4) is 45.1 Å². The summed E-state index contributed by atoms with van der Waals surface area (Å²) < 4.78 is 4.76. The molecule has 4 nitrogen and oxygen atoms in total. The molecule has 0 aliphatic heterocycles. The van der Waals surface area contributed by atoms with Crippen molar-refractivity contribution < 1.29 is 0 Å². The van der Waals surface area contributed by atoms with Gasteiger partial charge in [0.2, 0.25) is 0 Å². The van der Waals surface area contributed by atoms with Crippen LogP contribution in [-0.4, -0.2) is 19.1 Å². The molecule has 3 heterocycles. The molecule has 0 unspecified atom stereocenters. The summed E-state index contributed by atoms with van der Waals surface area (Å²) in [6.07, 6.45) is 3.16. The highest BCUT2D eigenvalue weighted by molar-refractivity contribution is 6.12. The first kappa shape index (κ1) is 29.9. The van der Waals surface area contributed by atoms with Crippen LogP contribution in [0.3, 0.4) is 0 Å². The summed E-state index contributed by atoms with van der Waals surface area (Å²) in [5.74, 6) is 0.790. The van der Waals surface area contributed by atoms with Gasteiger partial charge in [-0.05, 0) is 91.1 Å². The van der Waals surface area contributed by atoms with Crippen LogP contribution in [0.5, 0.6) is 0 Å². The standard InChI is InChI=1S/C49H34N4/c1-3-13-32(14-4-1)48-40-21-12-22-43(40)50-49(51-48)35-15-11-18-37(29-35)53-45-24-10-8-20-39(45)42-31-34(26-28-47(42)53)33-25-27-46-41(30-33)38-19-7-9-23-44(38)52(46)36-16-5-2-6-17-36/h1-11,13-20,23-31H,12,21-22H2. The Hall–Kier alpha value is -6.78. The molecule has 3 aromatic heterocycles. The summed E-state index contributed by atoms with van der Waals surface area (Å²) in [5.41, 5.74) is 15.2. The third kappa shape index (κ3) is 4.76. The molecule has 0 N–H and O–H groups in total. The van der Waals surface area contributed by atoms with Crippen LogP contribution in [0.4, 0.5) is 0 Å². The van der Waals surface area contributed by atoms with Gasteiger partial charge < -0.3 is 9.13 Å². The van der Waals surface area contributed by atoms with Crippen molar-refractivity contribution in [3.63, 3.8) is 0 Å². The molecule has 53 heavy (non-hydrogen) atoms. The first-order chi connectivity index (χ1) is 26.3. The highest BCUT2D eigenvalue weighted by atomic mass is 15.0. The van der Waals surface area contributed by atoms with Gasteiger partial charge in [0.05, 0.1) is 27.8 Å². The molecule has 10 aromatic rings. The SMILES string of the molecule is c1ccc(-c2nc(-c3cccc(-n4c5ccccc5c5cc(-c6ccc7c(c6)c6ccccc6n7-c6ccccc6)ccc54)c3)nc3c2CCC3)cc1. The zero-order valence-electron chi connectivity index (χ0n) is 29.1. The van der Waals surface area contributed by atoms with Gasteiger partial charge in [-0.25, -0.2) is 9.97 Å². The minimum Gasteiger partial charge on any atom is -0.309 e. The number of fused-ring (bicyclic) bond motifs is 7. The van der Waals surface area contributed by atoms with E-state index in [4.69, 9.17) is 9.97 Å². The Morgan fingerprint density at radius 3 is 1.60 bits per heavy atom. The maximum Gasteiger partial charge on any atom is 0.160 e. The number of nitrogens with zero attached hydrogens (tertiary/aromatic N) is 4. The van der Waals surface area contributed by atoms with Crippen molar-refractivity contribution in [2.45, 2.75) is 19.3 Å². The number of para-hydroxylation sites is 3. The van der Waals surface area contributed by atoms with Crippen molar-refractivity contribution in [3.05, 3.63) is 181 Å². The molecule has 0 amide bonds. The maximum absolute atomic E-state index is 5.21. The fraction of sp³-hybridized carbons (Fsp3) is 0.0612.